The number of rotatable bonds is 17. The number of halogens is 2. The highest BCUT2D eigenvalue weighted by Gasteiger charge is 2.16. The number of aromatic nitrogens is 4. The number of hydrogen-bond acceptors (Lipinski definition) is 11. The van der Waals surface area contributed by atoms with Gasteiger partial charge in [-0.3, -0.25) is 14.8 Å². The standard InChI is InChI=1S/C29H35F2N7O6/c1-41-23-14-19-22(15-24(23)44-11-5-8-38(9-10-39)16-27(42-2)43-3)32-17-33-29(19)35-25-12-18(36-37-25)13-26(40)34-21-7-4-6-20(30)28(21)31/h4,6-7,12,14-15,17,27,39H,5,8-11,13,16H2,1-3H3,(H,34,40)(H2,32,33,35,36,37). The number of anilines is 3. The van der Waals surface area contributed by atoms with E-state index in [2.05, 4.69) is 30.8 Å². The van der Waals surface area contributed by atoms with E-state index in [4.69, 9.17) is 18.9 Å². The summed E-state index contributed by atoms with van der Waals surface area (Å²) in [5, 5.41) is 22.4. The predicted molar refractivity (Wildman–Crippen MR) is 158 cm³/mol. The van der Waals surface area contributed by atoms with Crippen LogP contribution in [-0.2, 0) is 20.7 Å². The minimum atomic E-state index is -1.13. The molecule has 0 aliphatic rings. The van der Waals surface area contributed by atoms with Crippen LogP contribution in [0, 0.1) is 11.6 Å². The van der Waals surface area contributed by atoms with Crippen molar-refractivity contribution in [3.8, 4) is 11.5 Å². The smallest absolute Gasteiger partial charge is 0.230 e. The van der Waals surface area contributed by atoms with Crippen LogP contribution in [0.5, 0.6) is 11.5 Å². The van der Waals surface area contributed by atoms with Crippen LogP contribution in [0.1, 0.15) is 12.1 Å². The molecule has 0 fully saturated rings. The second-order valence-corrected chi connectivity index (χ2v) is 9.60. The number of benzene rings is 2. The first-order chi connectivity index (χ1) is 21.3. The van der Waals surface area contributed by atoms with E-state index in [1.54, 1.807) is 32.4 Å². The summed E-state index contributed by atoms with van der Waals surface area (Å²) < 4.78 is 49.4. The first-order valence-electron chi connectivity index (χ1n) is 13.7. The number of fused-ring (bicyclic) bond motifs is 1. The van der Waals surface area contributed by atoms with Crippen molar-refractivity contribution in [3.05, 3.63) is 60.1 Å². The lowest BCUT2D eigenvalue weighted by atomic mass is 10.2. The van der Waals surface area contributed by atoms with Gasteiger partial charge in [0.25, 0.3) is 0 Å². The third-order valence-corrected chi connectivity index (χ3v) is 6.60. The molecule has 1 amide bonds. The van der Waals surface area contributed by atoms with Gasteiger partial charge >= 0.3 is 0 Å². The molecule has 0 atom stereocenters. The van der Waals surface area contributed by atoms with E-state index in [0.29, 0.717) is 72.4 Å². The first kappa shape index (κ1) is 32.5. The molecule has 0 saturated heterocycles. The van der Waals surface area contributed by atoms with E-state index in [9.17, 15) is 18.7 Å². The Bertz CT molecular complexity index is 1540. The molecule has 0 aliphatic heterocycles. The number of amides is 1. The Morgan fingerprint density at radius 3 is 2.66 bits per heavy atom. The first-order valence-corrected chi connectivity index (χ1v) is 13.7. The van der Waals surface area contributed by atoms with Crippen molar-refractivity contribution in [2.75, 3.05) is 64.8 Å². The molecule has 0 unspecified atom stereocenters. The van der Waals surface area contributed by atoms with E-state index < -0.39 is 23.8 Å². The third kappa shape index (κ3) is 8.57. The monoisotopic (exact) mass is 615 g/mol. The van der Waals surface area contributed by atoms with Crippen LogP contribution in [0.15, 0.2) is 42.7 Å². The summed E-state index contributed by atoms with van der Waals surface area (Å²) >= 11 is 0. The van der Waals surface area contributed by atoms with Gasteiger partial charge in [-0.05, 0) is 24.6 Å². The number of methoxy groups -OCH3 is 3. The van der Waals surface area contributed by atoms with Gasteiger partial charge < -0.3 is 34.7 Å². The molecule has 4 aromatic rings. The SMILES string of the molecule is COc1cc2c(Nc3cc(CC(=O)Nc4cccc(F)c4F)[nH]n3)ncnc2cc1OCCCN(CCO)CC(OC)OC. The molecule has 0 bridgehead atoms. The molecular weight excluding hydrogens is 580 g/mol. The van der Waals surface area contributed by atoms with Crippen molar-refractivity contribution in [2.45, 2.75) is 19.1 Å². The molecule has 2 aromatic carbocycles. The second-order valence-electron chi connectivity index (χ2n) is 9.60. The summed E-state index contributed by atoms with van der Waals surface area (Å²) in [6, 6.07) is 8.66. The van der Waals surface area contributed by atoms with Crippen LogP contribution in [0.3, 0.4) is 0 Å². The largest absolute Gasteiger partial charge is 0.493 e. The van der Waals surface area contributed by atoms with Crippen molar-refractivity contribution in [3.63, 3.8) is 0 Å². The maximum atomic E-state index is 13.9. The van der Waals surface area contributed by atoms with E-state index >= 15 is 0 Å². The van der Waals surface area contributed by atoms with Gasteiger partial charge in [0.05, 0.1) is 37.9 Å². The van der Waals surface area contributed by atoms with E-state index in [1.165, 1.54) is 25.6 Å². The molecule has 0 saturated carbocycles. The van der Waals surface area contributed by atoms with Gasteiger partial charge in [0.2, 0.25) is 5.91 Å². The Morgan fingerprint density at radius 2 is 1.91 bits per heavy atom. The Labute approximate surface area is 252 Å². The number of carbonyl (C=O) groups excluding carboxylic acids is 1. The zero-order chi connectivity index (χ0) is 31.5. The quantitative estimate of drug-likeness (QED) is 0.102. The molecule has 2 aromatic heterocycles. The molecule has 4 rings (SSSR count). The van der Waals surface area contributed by atoms with Crippen LogP contribution < -0.4 is 20.1 Å². The molecule has 0 radical (unpaired) electrons. The molecule has 4 N–H and O–H groups in total. The number of carbonyl (C=O) groups is 1. The summed E-state index contributed by atoms with van der Waals surface area (Å²) in [4.78, 5) is 23.1. The zero-order valence-electron chi connectivity index (χ0n) is 24.6. The zero-order valence-corrected chi connectivity index (χ0v) is 24.6. The maximum Gasteiger partial charge on any atom is 0.230 e. The fourth-order valence-corrected chi connectivity index (χ4v) is 4.40. The fourth-order valence-electron chi connectivity index (χ4n) is 4.40. The summed E-state index contributed by atoms with van der Waals surface area (Å²) in [5.41, 5.74) is 0.782. The molecule has 15 heteroatoms. The third-order valence-electron chi connectivity index (χ3n) is 6.60. The molecule has 236 valence electrons. The fraction of sp³-hybridized carbons (Fsp3) is 0.379. The van der Waals surface area contributed by atoms with Crippen LogP contribution in [-0.4, -0.2) is 96.5 Å². The Balaban J connectivity index is 1.38. The molecule has 0 aliphatic carbocycles. The van der Waals surface area contributed by atoms with Crippen molar-refractivity contribution >= 4 is 34.1 Å². The van der Waals surface area contributed by atoms with E-state index in [-0.39, 0.29) is 18.7 Å². The Kier molecular flexibility index (Phi) is 11.7. The van der Waals surface area contributed by atoms with Crippen LogP contribution in [0.2, 0.25) is 0 Å². The van der Waals surface area contributed by atoms with Crippen LogP contribution in [0.25, 0.3) is 10.9 Å². The highest BCUT2D eigenvalue weighted by atomic mass is 19.2. The summed E-state index contributed by atoms with van der Waals surface area (Å²) in [6.45, 7) is 2.06. The van der Waals surface area contributed by atoms with Gasteiger partial charge in [-0.25, -0.2) is 18.7 Å². The number of aliphatic hydroxyl groups is 1. The number of H-pyrrole nitrogens is 1. The van der Waals surface area contributed by atoms with Crippen molar-refractivity contribution in [1.29, 1.82) is 0 Å². The summed E-state index contributed by atoms with van der Waals surface area (Å²) in [7, 11) is 4.67. The summed E-state index contributed by atoms with van der Waals surface area (Å²) in [6.07, 6.45) is 1.52. The van der Waals surface area contributed by atoms with Gasteiger partial charge in [-0.1, -0.05) is 6.07 Å². The number of ether oxygens (including phenoxy) is 4. The molecule has 44 heavy (non-hydrogen) atoms. The topological polar surface area (TPSA) is 156 Å². The van der Waals surface area contributed by atoms with Crippen molar-refractivity contribution < 1.29 is 37.6 Å². The van der Waals surface area contributed by atoms with Crippen LogP contribution >= 0.6 is 0 Å². The number of aliphatic hydroxyl groups excluding tert-OH is 1. The number of nitrogens with zero attached hydrogens (tertiary/aromatic N) is 4. The lowest BCUT2D eigenvalue weighted by molar-refractivity contribution is -0.117. The number of hydrogen-bond donors (Lipinski definition) is 4. The van der Waals surface area contributed by atoms with Gasteiger partial charge in [0.15, 0.2) is 35.2 Å². The van der Waals surface area contributed by atoms with E-state index in [1.807, 2.05) is 4.90 Å². The Hall–Kier alpha value is -4.44. The lowest BCUT2D eigenvalue weighted by Gasteiger charge is -2.25. The normalized spacial score (nSPS) is 11.4. The van der Waals surface area contributed by atoms with E-state index in [0.717, 1.165) is 6.07 Å². The highest BCUT2D eigenvalue weighted by molar-refractivity contribution is 5.93. The average molecular weight is 616 g/mol. The minimum absolute atomic E-state index is 0.0162. The van der Waals surface area contributed by atoms with Gasteiger partial charge in [-0.15, -0.1) is 0 Å². The van der Waals surface area contributed by atoms with Gasteiger partial charge in [-0.2, -0.15) is 5.10 Å². The maximum absolute atomic E-state index is 13.9. The minimum Gasteiger partial charge on any atom is -0.493 e. The van der Waals surface area contributed by atoms with Gasteiger partial charge in [0.1, 0.15) is 12.1 Å². The van der Waals surface area contributed by atoms with Crippen molar-refractivity contribution in [1.82, 2.24) is 25.1 Å². The summed E-state index contributed by atoms with van der Waals surface area (Å²) in [5.74, 6) is -0.933. The number of nitrogens with one attached hydrogen (secondary N) is 3. The molecule has 0 spiro atoms. The average Bonchev–Trinajstić information content (AvgIpc) is 3.46. The molecule has 2 heterocycles. The van der Waals surface area contributed by atoms with Gasteiger partial charge in [0, 0.05) is 57.1 Å². The molecular formula is C29H35F2N7O6. The Morgan fingerprint density at radius 1 is 1.09 bits per heavy atom. The predicted octanol–water partition coefficient (Wildman–Crippen LogP) is 3.25. The van der Waals surface area contributed by atoms with Crippen LogP contribution in [0.4, 0.5) is 26.1 Å². The second kappa shape index (κ2) is 15.9. The lowest BCUT2D eigenvalue weighted by Crippen LogP contribution is -2.37. The number of aromatic amines is 1. The molecule has 13 nitrogen and oxygen atoms in total. The highest BCUT2D eigenvalue weighted by Crippen LogP contribution is 2.34. The van der Waals surface area contributed by atoms with Crippen molar-refractivity contribution in [2.24, 2.45) is 0 Å².